The standard InChI is InChI=1S/C12H17N3O/c1-13-12(10-8-14-15(2)9-10)6-5-11-4-3-7-16-11/h3-4,7-9,12-13H,5-6H2,1-2H3. The predicted octanol–water partition coefficient (Wildman–Crippen LogP) is 1.91. The van der Waals surface area contributed by atoms with E-state index in [2.05, 4.69) is 10.4 Å². The van der Waals surface area contributed by atoms with Crippen molar-refractivity contribution in [1.29, 1.82) is 0 Å². The van der Waals surface area contributed by atoms with Crippen LogP contribution in [-0.2, 0) is 13.5 Å². The van der Waals surface area contributed by atoms with Crippen molar-refractivity contribution < 1.29 is 4.42 Å². The van der Waals surface area contributed by atoms with E-state index in [9.17, 15) is 0 Å². The molecule has 2 rings (SSSR count). The third-order valence-corrected chi connectivity index (χ3v) is 2.74. The van der Waals surface area contributed by atoms with Crippen LogP contribution in [0.4, 0.5) is 0 Å². The van der Waals surface area contributed by atoms with Crippen LogP contribution in [0, 0.1) is 0 Å². The van der Waals surface area contributed by atoms with Gasteiger partial charge in [0.25, 0.3) is 0 Å². The zero-order valence-corrected chi connectivity index (χ0v) is 9.68. The Balaban J connectivity index is 1.96. The third kappa shape index (κ3) is 2.52. The Morgan fingerprint density at radius 2 is 2.44 bits per heavy atom. The largest absolute Gasteiger partial charge is 0.469 e. The lowest BCUT2D eigenvalue weighted by atomic mass is 10.1. The smallest absolute Gasteiger partial charge is 0.103 e. The van der Waals surface area contributed by atoms with Crippen molar-refractivity contribution in [2.24, 2.45) is 7.05 Å². The van der Waals surface area contributed by atoms with Gasteiger partial charge in [0.05, 0.1) is 12.5 Å². The van der Waals surface area contributed by atoms with E-state index < -0.39 is 0 Å². The summed E-state index contributed by atoms with van der Waals surface area (Å²) in [6.45, 7) is 0. The summed E-state index contributed by atoms with van der Waals surface area (Å²) >= 11 is 0. The van der Waals surface area contributed by atoms with Crippen LogP contribution in [0.1, 0.15) is 23.8 Å². The number of hydrogen-bond acceptors (Lipinski definition) is 3. The molecule has 86 valence electrons. The SMILES string of the molecule is CNC(CCc1ccco1)c1cnn(C)c1. The van der Waals surface area contributed by atoms with Crippen molar-refractivity contribution in [3.05, 3.63) is 42.1 Å². The van der Waals surface area contributed by atoms with E-state index in [0.717, 1.165) is 18.6 Å². The van der Waals surface area contributed by atoms with Crippen LogP contribution in [0.5, 0.6) is 0 Å². The summed E-state index contributed by atoms with van der Waals surface area (Å²) in [5.74, 6) is 1.03. The molecule has 1 atom stereocenters. The molecule has 0 bridgehead atoms. The van der Waals surface area contributed by atoms with E-state index in [-0.39, 0.29) is 0 Å². The topological polar surface area (TPSA) is 43.0 Å². The molecule has 0 aromatic carbocycles. The van der Waals surface area contributed by atoms with Crippen molar-refractivity contribution in [1.82, 2.24) is 15.1 Å². The summed E-state index contributed by atoms with van der Waals surface area (Å²) in [6.07, 6.45) is 7.61. The highest BCUT2D eigenvalue weighted by Gasteiger charge is 2.11. The third-order valence-electron chi connectivity index (χ3n) is 2.74. The highest BCUT2D eigenvalue weighted by atomic mass is 16.3. The van der Waals surface area contributed by atoms with Crippen LogP contribution in [0.3, 0.4) is 0 Å². The first-order valence-electron chi connectivity index (χ1n) is 5.48. The molecule has 1 unspecified atom stereocenters. The second kappa shape index (κ2) is 4.99. The normalized spacial score (nSPS) is 12.9. The summed E-state index contributed by atoms with van der Waals surface area (Å²) in [6, 6.07) is 4.27. The monoisotopic (exact) mass is 219 g/mol. The summed E-state index contributed by atoms with van der Waals surface area (Å²) in [4.78, 5) is 0. The number of aromatic nitrogens is 2. The molecule has 0 amide bonds. The van der Waals surface area contributed by atoms with Crippen LogP contribution >= 0.6 is 0 Å². The van der Waals surface area contributed by atoms with Crippen LogP contribution in [0.2, 0.25) is 0 Å². The summed E-state index contributed by atoms with van der Waals surface area (Å²) in [5, 5.41) is 7.48. The molecule has 0 aliphatic carbocycles. The van der Waals surface area contributed by atoms with Crippen molar-refractivity contribution in [2.75, 3.05) is 7.05 Å². The lowest BCUT2D eigenvalue weighted by molar-refractivity contribution is 0.469. The molecule has 0 radical (unpaired) electrons. The summed E-state index contributed by atoms with van der Waals surface area (Å²) < 4.78 is 7.15. The van der Waals surface area contributed by atoms with Crippen molar-refractivity contribution in [3.63, 3.8) is 0 Å². The highest BCUT2D eigenvalue weighted by molar-refractivity contribution is 5.11. The second-order valence-electron chi connectivity index (χ2n) is 3.91. The number of furan rings is 1. The van der Waals surface area contributed by atoms with Crippen LogP contribution in [0.25, 0.3) is 0 Å². The Bertz CT molecular complexity index is 419. The van der Waals surface area contributed by atoms with Gasteiger partial charge in [-0.3, -0.25) is 4.68 Å². The molecule has 2 aromatic rings. The number of aryl methyl sites for hydroxylation is 2. The molecule has 0 spiro atoms. The number of rotatable bonds is 5. The van der Waals surface area contributed by atoms with E-state index in [4.69, 9.17) is 4.42 Å². The molecule has 0 saturated heterocycles. The Morgan fingerprint density at radius 1 is 1.56 bits per heavy atom. The van der Waals surface area contributed by atoms with Gasteiger partial charge in [0.2, 0.25) is 0 Å². The van der Waals surface area contributed by atoms with Crippen LogP contribution in [-0.4, -0.2) is 16.8 Å². The number of nitrogens with one attached hydrogen (secondary N) is 1. The van der Waals surface area contributed by atoms with Crippen molar-refractivity contribution >= 4 is 0 Å². The van der Waals surface area contributed by atoms with Gasteiger partial charge in [-0.15, -0.1) is 0 Å². The van der Waals surface area contributed by atoms with Gasteiger partial charge in [-0.05, 0) is 25.6 Å². The Kier molecular flexibility index (Phi) is 3.41. The Labute approximate surface area is 95.3 Å². The molecule has 4 nitrogen and oxygen atoms in total. The fourth-order valence-corrected chi connectivity index (χ4v) is 1.84. The van der Waals surface area contributed by atoms with Gasteiger partial charge in [0.1, 0.15) is 5.76 Å². The van der Waals surface area contributed by atoms with Gasteiger partial charge in [-0.1, -0.05) is 0 Å². The number of hydrogen-bond donors (Lipinski definition) is 1. The van der Waals surface area contributed by atoms with Gasteiger partial charge in [-0.25, -0.2) is 0 Å². The summed E-state index contributed by atoms with van der Waals surface area (Å²) in [7, 11) is 3.91. The van der Waals surface area contributed by atoms with Gasteiger partial charge < -0.3 is 9.73 Å². The van der Waals surface area contributed by atoms with Crippen molar-refractivity contribution in [3.8, 4) is 0 Å². The highest BCUT2D eigenvalue weighted by Crippen LogP contribution is 2.18. The molecule has 2 heterocycles. The predicted molar refractivity (Wildman–Crippen MR) is 62.0 cm³/mol. The van der Waals surface area contributed by atoms with E-state index >= 15 is 0 Å². The summed E-state index contributed by atoms with van der Waals surface area (Å²) in [5.41, 5.74) is 1.22. The maximum Gasteiger partial charge on any atom is 0.103 e. The first-order chi connectivity index (χ1) is 7.79. The molecule has 0 aliphatic rings. The molecule has 0 aliphatic heterocycles. The lowest BCUT2D eigenvalue weighted by Crippen LogP contribution is -2.16. The molecule has 0 fully saturated rings. The molecule has 16 heavy (non-hydrogen) atoms. The molecule has 0 saturated carbocycles. The van der Waals surface area contributed by atoms with E-state index in [1.165, 1.54) is 5.56 Å². The van der Waals surface area contributed by atoms with Crippen LogP contribution in [0.15, 0.2) is 35.2 Å². The van der Waals surface area contributed by atoms with E-state index in [1.807, 2.05) is 43.3 Å². The second-order valence-corrected chi connectivity index (χ2v) is 3.91. The van der Waals surface area contributed by atoms with Gasteiger partial charge in [0, 0.05) is 31.3 Å². The average molecular weight is 219 g/mol. The van der Waals surface area contributed by atoms with Crippen molar-refractivity contribution in [2.45, 2.75) is 18.9 Å². The number of nitrogens with zero attached hydrogens (tertiary/aromatic N) is 2. The Hall–Kier alpha value is -1.55. The molecular formula is C12H17N3O. The zero-order valence-electron chi connectivity index (χ0n) is 9.68. The maximum absolute atomic E-state index is 5.32. The molecule has 1 N–H and O–H groups in total. The zero-order chi connectivity index (χ0) is 11.4. The lowest BCUT2D eigenvalue weighted by Gasteiger charge is -2.13. The van der Waals surface area contributed by atoms with Gasteiger partial charge in [0.15, 0.2) is 0 Å². The first kappa shape index (κ1) is 11.0. The average Bonchev–Trinajstić information content (AvgIpc) is 2.91. The maximum atomic E-state index is 5.32. The minimum atomic E-state index is 0.332. The fourth-order valence-electron chi connectivity index (χ4n) is 1.84. The van der Waals surface area contributed by atoms with Gasteiger partial charge >= 0.3 is 0 Å². The van der Waals surface area contributed by atoms with Gasteiger partial charge in [-0.2, -0.15) is 5.10 Å². The molecule has 4 heteroatoms. The molecular weight excluding hydrogens is 202 g/mol. The fraction of sp³-hybridized carbons (Fsp3) is 0.417. The van der Waals surface area contributed by atoms with E-state index in [1.54, 1.807) is 6.26 Å². The minimum Gasteiger partial charge on any atom is -0.469 e. The first-order valence-corrected chi connectivity index (χ1v) is 5.48. The minimum absolute atomic E-state index is 0.332. The Morgan fingerprint density at radius 3 is 3.00 bits per heavy atom. The molecule has 2 aromatic heterocycles. The van der Waals surface area contributed by atoms with Crippen LogP contribution < -0.4 is 5.32 Å². The van der Waals surface area contributed by atoms with E-state index in [0.29, 0.717) is 6.04 Å². The quantitative estimate of drug-likeness (QED) is 0.835.